The van der Waals surface area contributed by atoms with Gasteiger partial charge in [-0.15, -0.1) is 0 Å². The van der Waals surface area contributed by atoms with Gasteiger partial charge in [-0.1, -0.05) is 0 Å². The van der Waals surface area contributed by atoms with Gasteiger partial charge in [-0.25, -0.2) is 0 Å². The molecule has 0 unspecified atom stereocenters. The molecular formula is C20H33BGeO2. The van der Waals surface area contributed by atoms with Gasteiger partial charge in [-0.2, -0.15) is 0 Å². The fourth-order valence-corrected chi connectivity index (χ4v) is 8.90. The molecule has 0 atom stereocenters. The summed E-state index contributed by atoms with van der Waals surface area (Å²) >= 11 is -2.29. The molecule has 1 aromatic carbocycles. The number of allylic oxidation sites excluding steroid dienone is 1. The third-order valence-electron chi connectivity index (χ3n) is 5.71. The minimum absolute atomic E-state index is 0.226. The predicted octanol–water partition coefficient (Wildman–Crippen LogP) is 4.89. The Morgan fingerprint density at radius 3 is 2.08 bits per heavy atom. The summed E-state index contributed by atoms with van der Waals surface area (Å²) in [4.78, 5) is 0. The second kappa shape index (κ2) is 7.39. The number of hydrogen-bond acceptors (Lipinski definition) is 2. The van der Waals surface area contributed by atoms with Gasteiger partial charge in [0.1, 0.15) is 0 Å². The molecule has 0 aromatic heterocycles. The summed E-state index contributed by atoms with van der Waals surface area (Å²) in [6.07, 6.45) is 3.60. The van der Waals surface area contributed by atoms with Crippen LogP contribution in [0, 0.1) is 0 Å². The molecule has 1 aliphatic rings. The zero-order valence-electron chi connectivity index (χ0n) is 16.5. The molecule has 0 amide bonds. The van der Waals surface area contributed by atoms with Crippen LogP contribution in [0.5, 0.6) is 0 Å². The van der Waals surface area contributed by atoms with Crippen LogP contribution in [0.25, 0.3) is 0 Å². The summed E-state index contributed by atoms with van der Waals surface area (Å²) in [7, 11) is -0.226. The summed E-state index contributed by atoms with van der Waals surface area (Å²) in [6, 6.07) is 11.0. The Morgan fingerprint density at radius 1 is 1.04 bits per heavy atom. The molecule has 0 radical (unpaired) electrons. The average Bonchev–Trinajstić information content (AvgIpc) is 2.71. The summed E-state index contributed by atoms with van der Waals surface area (Å²) < 4.78 is 15.6. The summed E-state index contributed by atoms with van der Waals surface area (Å²) in [6.45, 7) is 10.7. The maximum atomic E-state index is 6.24. The van der Waals surface area contributed by atoms with Gasteiger partial charge in [0.05, 0.1) is 0 Å². The molecule has 1 heterocycles. The van der Waals surface area contributed by atoms with Gasteiger partial charge in [0.15, 0.2) is 0 Å². The summed E-state index contributed by atoms with van der Waals surface area (Å²) in [5.74, 6) is 7.28. The van der Waals surface area contributed by atoms with Crippen molar-refractivity contribution in [1.82, 2.24) is 0 Å². The molecule has 1 saturated heterocycles. The normalized spacial score (nSPS) is 20.5. The van der Waals surface area contributed by atoms with Gasteiger partial charge in [0.2, 0.25) is 0 Å². The minimum atomic E-state index is -2.29. The van der Waals surface area contributed by atoms with E-state index in [1.165, 1.54) is 17.2 Å². The van der Waals surface area contributed by atoms with E-state index in [2.05, 4.69) is 82.4 Å². The van der Waals surface area contributed by atoms with E-state index >= 15 is 0 Å². The van der Waals surface area contributed by atoms with Crippen LogP contribution >= 0.6 is 0 Å². The Kier molecular flexibility index (Phi) is 6.10. The molecule has 0 aliphatic carbocycles. The van der Waals surface area contributed by atoms with Crippen molar-refractivity contribution >= 4 is 24.8 Å². The SMILES string of the molecule is CCCC/[C](=C/B1OC(C)(C)C(C)(C)O1)[Ge]([CH3])([CH3])[c]1ccccc1. The van der Waals surface area contributed by atoms with Gasteiger partial charge < -0.3 is 0 Å². The molecule has 1 aromatic rings. The Bertz CT molecular complexity index is 563. The van der Waals surface area contributed by atoms with Crippen LogP contribution in [0.15, 0.2) is 40.7 Å². The van der Waals surface area contributed by atoms with E-state index in [0.29, 0.717) is 0 Å². The Hall–Kier alpha value is -0.512. The summed E-state index contributed by atoms with van der Waals surface area (Å²) in [5.41, 5.74) is -0.540. The van der Waals surface area contributed by atoms with E-state index in [4.69, 9.17) is 9.31 Å². The molecule has 0 spiro atoms. The van der Waals surface area contributed by atoms with Gasteiger partial charge in [-0.05, 0) is 0 Å². The first-order valence-electron chi connectivity index (χ1n) is 9.22. The number of rotatable bonds is 6. The van der Waals surface area contributed by atoms with Crippen LogP contribution in [0.3, 0.4) is 0 Å². The monoisotopic (exact) mass is 390 g/mol. The Labute approximate surface area is 151 Å². The van der Waals surface area contributed by atoms with Crippen molar-refractivity contribution in [3.8, 4) is 0 Å². The van der Waals surface area contributed by atoms with Crippen molar-refractivity contribution in [3.63, 3.8) is 0 Å². The Balaban J connectivity index is 2.32. The number of hydrogen-bond donors (Lipinski definition) is 0. The van der Waals surface area contributed by atoms with Crippen LogP contribution < -0.4 is 4.40 Å². The first-order valence-corrected chi connectivity index (χ1v) is 15.5. The van der Waals surface area contributed by atoms with Crippen molar-refractivity contribution in [2.45, 2.75) is 76.6 Å². The van der Waals surface area contributed by atoms with Crippen molar-refractivity contribution in [1.29, 1.82) is 0 Å². The van der Waals surface area contributed by atoms with E-state index in [1.807, 2.05) is 0 Å². The number of benzene rings is 1. The van der Waals surface area contributed by atoms with Crippen molar-refractivity contribution in [3.05, 3.63) is 40.7 Å². The zero-order chi connectivity index (χ0) is 18.0. The fraction of sp³-hybridized carbons (Fsp3) is 0.600. The first kappa shape index (κ1) is 19.8. The van der Waals surface area contributed by atoms with Crippen molar-refractivity contribution in [2.24, 2.45) is 0 Å². The van der Waals surface area contributed by atoms with E-state index in [-0.39, 0.29) is 18.3 Å². The molecule has 1 aliphatic heterocycles. The van der Waals surface area contributed by atoms with E-state index in [1.54, 1.807) is 4.41 Å². The fourth-order valence-electron chi connectivity index (χ4n) is 3.13. The van der Waals surface area contributed by atoms with Gasteiger partial charge in [-0.3, -0.25) is 0 Å². The molecule has 2 rings (SSSR count). The van der Waals surface area contributed by atoms with Gasteiger partial charge >= 0.3 is 151 Å². The first-order chi connectivity index (χ1) is 11.1. The molecule has 132 valence electrons. The van der Waals surface area contributed by atoms with E-state index in [9.17, 15) is 0 Å². The topological polar surface area (TPSA) is 18.5 Å². The molecule has 2 nitrogen and oxygen atoms in total. The zero-order valence-corrected chi connectivity index (χ0v) is 18.6. The van der Waals surface area contributed by atoms with Crippen LogP contribution in [0.1, 0.15) is 53.9 Å². The molecule has 0 bridgehead atoms. The molecule has 24 heavy (non-hydrogen) atoms. The third kappa shape index (κ3) is 4.17. The number of unbranched alkanes of at least 4 members (excludes halogenated alkanes) is 1. The molecular weight excluding hydrogens is 356 g/mol. The van der Waals surface area contributed by atoms with Gasteiger partial charge in [0.25, 0.3) is 0 Å². The molecule has 0 N–H and O–H groups in total. The third-order valence-corrected chi connectivity index (χ3v) is 13.7. The molecule has 1 fully saturated rings. The van der Waals surface area contributed by atoms with E-state index < -0.39 is 13.3 Å². The Morgan fingerprint density at radius 2 is 1.58 bits per heavy atom. The predicted molar refractivity (Wildman–Crippen MR) is 107 cm³/mol. The second-order valence-electron chi connectivity index (χ2n) is 8.41. The van der Waals surface area contributed by atoms with Crippen molar-refractivity contribution < 1.29 is 9.31 Å². The molecule has 0 saturated carbocycles. The standard InChI is InChI=1S/C20H33BGeO2/c1-8-9-13-18(22(6,7)17-14-11-10-12-15-17)16-21-23-19(2,3)20(4,5)24-21/h10-12,14-16H,8-9,13H2,1-7H3/b18-16-. The van der Waals surface area contributed by atoms with E-state index in [0.717, 1.165) is 6.42 Å². The average molecular weight is 389 g/mol. The second-order valence-corrected chi connectivity index (χ2v) is 17.8. The molecule has 4 heteroatoms. The van der Waals surface area contributed by atoms with Crippen LogP contribution in [-0.4, -0.2) is 31.6 Å². The van der Waals surface area contributed by atoms with Crippen molar-refractivity contribution in [2.75, 3.05) is 0 Å². The van der Waals surface area contributed by atoms with Crippen LogP contribution in [0.2, 0.25) is 11.5 Å². The quantitative estimate of drug-likeness (QED) is 0.646. The maximum absolute atomic E-state index is 6.24. The van der Waals surface area contributed by atoms with Crippen LogP contribution in [0.4, 0.5) is 0 Å². The summed E-state index contributed by atoms with van der Waals surface area (Å²) in [5, 5.41) is 0. The van der Waals surface area contributed by atoms with Gasteiger partial charge in [0, 0.05) is 0 Å². The van der Waals surface area contributed by atoms with Crippen LogP contribution in [-0.2, 0) is 9.31 Å².